The highest BCUT2D eigenvalue weighted by Gasteiger charge is 2.36. The molecule has 0 aromatic heterocycles. The van der Waals surface area contributed by atoms with Crippen LogP contribution >= 0.6 is 0 Å². The normalized spacial score (nSPS) is 32.4. The molecule has 18 heavy (non-hydrogen) atoms. The molecule has 1 aromatic rings. The highest BCUT2D eigenvalue weighted by molar-refractivity contribution is 5.33. The minimum absolute atomic E-state index is 0.396. The van der Waals surface area contributed by atoms with Gasteiger partial charge in [0, 0.05) is 6.04 Å². The molecule has 1 heteroatoms. The molecule has 1 nitrogen and oxygen atoms in total. The van der Waals surface area contributed by atoms with E-state index in [0.29, 0.717) is 11.5 Å². The maximum atomic E-state index is 3.45. The number of nitrogens with one attached hydrogen (secondary N) is 1. The predicted molar refractivity (Wildman–Crippen MR) is 77.1 cm³/mol. The van der Waals surface area contributed by atoms with Crippen LogP contribution in [0.25, 0.3) is 0 Å². The second kappa shape index (κ2) is 4.70. The fraction of sp³-hybridized carbons (Fsp3) is 0.647. The lowest BCUT2D eigenvalue weighted by atomic mass is 9.76. The highest BCUT2D eigenvalue weighted by Crippen LogP contribution is 2.43. The summed E-state index contributed by atoms with van der Waals surface area (Å²) in [5, 5.41) is 3.45. The van der Waals surface area contributed by atoms with E-state index in [9.17, 15) is 0 Å². The zero-order valence-electron chi connectivity index (χ0n) is 11.7. The van der Waals surface area contributed by atoms with Crippen LogP contribution in [0.1, 0.15) is 62.5 Å². The molecule has 0 amide bonds. The topological polar surface area (TPSA) is 12.0 Å². The molecule has 2 aliphatic rings. The van der Waals surface area contributed by atoms with E-state index in [2.05, 4.69) is 43.6 Å². The molecule has 2 saturated carbocycles. The van der Waals surface area contributed by atoms with Gasteiger partial charge in [-0.25, -0.2) is 0 Å². The fourth-order valence-electron chi connectivity index (χ4n) is 3.66. The number of hydrogen-bond donors (Lipinski definition) is 1. The van der Waals surface area contributed by atoms with Crippen LogP contribution in [0.2, 0.25) is 0 Å². The smallest absolute Gasteiger partial charge is 0.00727 e. The van der Waals surface area contributed by atoms with Crippen molar-refractivity contribution in [3.8, 4) is 0 Å². The summed E-state index contributed by atoms with van der Waals surface area (Å²) in [6, 6.07) is 10.2. The maximum absolute atomic E-state index is 3.45. The van der Waals surface area contributed by atoms with Crippen LogP contribution < -0.4 is 5.32 Å². The van der Waals surface area contributed by atoms with E-state index in [0.717, 1.165) is 5.92 Å². The Morgan fingerprint density at radius 1 is 1.22 bits per heavy atom. The van der Waals surface area contributed by atoms with Crippen LogP contribution in [0.15, 0.2) is 24.3 Å². The number of rotatable bonds is 3. The molecule has 1 aromatic carbocycles. The van der Waals surface area contributed by atoms with Crippen molar-refractivity contribution in [2.24, 2.45) is 0 Å². The van der Waals surface area contributed by atoms with Crippen molar-refractivity contribution in [3.63, 3.8) is 0 Å². The quantitative estimate of drug-likeness (QED) is 0.846. The molecule has 2 unspecified atom stereocenters. The van der Waals surface area contributed by atoms with Gasteiger partial charge in [0.1, 0.15) is 0 Å². The molecule has 2 atom stereocenters. The molecule has 0 saturated heterocycles. The fourth-order valence-corrected chi connectivity index (χ4v) is 3.66. The zero-order chi connectivity index (χ0) is 12.6. The van der Waals surface area contributed by atoms with Gasteiger partial charge in [-0.3, -0.25) is 0 Å². The summed E-state index contributed by atoms with van der Waals surface area (Å²) < 4.78 is 0. The zero-order valence-corrected chi connectivity index (χ0v) is 11.7. The summed E-state index contributed by atoms with van der Waals surface area (Å²) in [5.74, 6) is 0.857. The maximum Gasteiger partial charge on any atom is 0.00727 e. The molecule has 2 aliphatic carbocycles. The molecule has 0 radical (unpaired) electrons. The first-order valence-corrected chi connectivity index (χ1v) is 7.49. The second-order valence-corrected chi connectivity index (χ2v) is 6.54. The van der Waals surface area contributed by atoms with Gasteiger partial charge in [0.05, 0.1) is 0 Å². The number of hydrogen-bond acceptors (Lipinski definition) is 1. The van der Waals surface area contributed by atoms with Gasteiger partial charge in [-0.05, 0) is 61.6 Å². The Kier molecular flexibility index (Phi) is 3.19. The van der Waals surface area contributed by atoms with E-state index >= 15 is 0 Å². The van der Waals surface area contributed by atoms with Gasteiger partial charge in [0.15, 0.2) is 0 Å². The van der Waals surface area contributed by atoms with Crippen LogP contribution in [0.5, 0.6) is 0 Å². The van der Waals surface area contributed by atoms with Crippen molar-refractivity contribution >= 4 is 0 Å². The molecule has 0 bridgehead atoms. The monoisotopic (exact) mass is 243 g/mol. The first-order chi connectivity index (χ1) is 8.71. The second-order valence-electron chi connectivity index (χ2n) is 6.54. The molecule has 98 valence electrons. The van der Waals surface area contributed by atoms with E-state index in [1.807, 2.05) is 0 Å². The highest BCUT2D eigenvalue weighted by atomic mass is 14.9. The molecule has 2 fully saturated rings. The first kappa shape index (κ1) is 12.2. The molecular formula is C17H25N. The van der Waals surface area contributed by atoms with Gasteiger partial charge < -0.3 is 5.32 Å². The summed E-state index contributed by atoms with van der Waals surface area (Å²) in [4.78, 5) is 0. The van der Waals surface area contributed by atoms with Crippen LogP contribution in [0, 0.1) is 0 Å². The molecule has 0 heterocycles. The third-order valence-electron chi connectivity index (χ3n) is 5.31. The van der Waals surface area contributed by atoms with Crippen molar-refractivity contribution in [2.75, 3.05) is 7.05 Å². The lowest BCUT2D eigenvalue weighted by Gasteiger charge is -2.29. The van der Waals surface area contributed by atoms with Crippen molar-refractivity contribution in [1.82, 2.24) is 5.32 Å². The Morgan fingerprint density at radius 3 is 2.67 bits per heavy atom. The lowest BCUT2D eigenvalue weighted by molar-refractivity contribution is 0.417. The summed E-state index contributed by atoms with van der Waals surface area (Å²) in [6.07, 6.45) is 8.16. The van der Waals surface area contributed by atoms with Crippen molar-refractivity contribution in [1.29, 1.82) is 0 Å². The molecule has 1 N–H and O–H groups in total. The van der Waals surface area contributed by atoms with Crippen LogP contribution in [0.3, 0.4) is 0 Å². The SMILES string of the molecule is CNC1CCC(C)(c2cccc(C3CCC3)c2)C1. The summed E-state index contributed by atoms with van der Waals surface area (Å²) in [5.41, 5.74) is 3.56. The van der Waals surface area contributed by atoms with E-state index in [-0.39, 0.29) is 0 Å². The molecule has 0 aliphatic heterocycles. The standard InChI is InChI=1S/C17H25N/c1-17(10-9-16(12-17)18-2)15-8-4-7-14(11-15)13-5-3-6-13/h4,7-8,11,13,16,18H,3,5-6,9-10,12H2,1-2H3. The average Bonchev–Trinajstić information content (AvgIpc) is 2.71. The third-order valence-corrected chi connectivity index (χ3v) is 5.31. The van der Waals surface area contributed by atoms with Crippen molar-refractivity contribution < 1.29 is 0 Å². The first-order valence-electron chi connectivity index (χ1n) is 7.49. The predicted octanol–water partition coefficient (Wildman–Crippen LogP) is 3.98. The summed E-state index contributed by atoms with van der Waals surface area (Å²) >= 11 is 0. The van der Waals surface area contributed by atoms with Crippen LogP contribution in [-0.4, -0.2) is 13.1 Å². The average molecular weight is 243 g/mol. The van der Waals surface area contributed by atoms with Gasteiger partial charge in [0.25, 0.3) is 0 Å². The van der Waals surface area contributed by atoms with Gasteiger partial charge in [0.2, 0.25) is 0 Å². The van der Waals surface area contributed by atoms with E-state index in [1.165, 1.54) is 38.5 Å². The minimum atomic E-state index is 0.396. The Labute approximate surface area is 111 Å². The van der Waals surface area contributed by atoms with E-state index < -0.39 is 0 Å². The Morgan fingerprint density at radius 2 is 2.06 bits per heavy atom. The lowest BCUT2D eigenvalue weighted by Crippen LogP contribution is -2.25. The number of benzene rings is 1. The molecule has 3 rings (SSSR count). The Bertz CT molecular complexity index is 421. The summed E-state index contributed by atoms with van der Waals surface area (Å²) in [7, 11) is 2.10. The molecule has 0 spiro atoms. The third kappa shape index (κ3) is 2.09. The summed E-state index contributed by atoms with van der Waals surface area (Å²) in [6.45, 7) is 2.45. The van der Waals surface area contributed by atoms with Crippen LogP contribution in [-0.2, 0) is 5.41 Å². The largest absolute Gasteiger partial charge is 0.317 e. The Balaban J connectivity index is 1.83. The van der Waals surface area contributed by atoms with Gasteiger partial charge in [-0.15, -0.1) is 0 Å². The minimum Gasteiger partial charge on any atom is -0.317 e. The Hall–Kier alpha value is -0.820. The van der Waals surface area contributed by atoms with Crippen LogP contribution in [0.4, 0.5) is 0 Å². The van der Waals surface area contributed by atoms with Crippen molar-refractivity contribution in [3.05, 3.63) is 35.4 Å². The van der Waals surface area contributed by atoms with Gasteiger partial charge in [-0.1, -0.05) is 37.6 Å². The van der Waals surface area contributed by atoms with E-state index in [4.69, 9.17) is 0 Å². The van der Waals surface area contributed by atoms with E-state index in [1.54, 1.807) is 11.1 Å². The van der Waals surface area contributed by atoms with Crippen molar-refractivity contribution in [2.45, 2.75) is 62.8 Å². The van der Waals surface area contributed by atoms with Gasteiger partial charge >= 0.3 is 0 Å². The molecular weight excluding hydrogens is 218 g/mol. The van der Waals surface area contributed by atoms with Gasteiger partial charge in [-0.2, -0.15) is 0 Å².